The lowest BCUT2D eigenvalue weighted by Crippen LogP contribution is -2.22. The molecule has 0 atom stereocenters. The summed E-state index contributed by atoms with van der Waals surface area (Å²) in [5.74, 6) is -2.64. The van der Waals surface area contributed by atoms with E-state index in [1.165, 1.54) is 12.1 Å². The van der Waals surface area contributed by atoms with Gasteiger partial charge in [0.25, 0.3) is 5.76 Å². The Kier molecular flexibility index (Phi) is 7.25. The first-order valence-electron chi connectivity index (χ1n) is 6.19. The van der Waals surface area contributed by atoms with E-state index in [4.69, 9.17) is 0 Å². The van der Waals surface area contributed by atoms with Gasteiger partial charge in [0, 0.05) is 4.90 Å². The van der Waals surface area contributed by atoms with Crippen molar-refractivity contribution >= 4 is 27.5 Å². The van der Waals surface area contributed by atoms with Gasteiger partial charge in [-0.2, -0.15) is 8.78 Å². The highest BCUT2D eigenvalue weighted by Crippen LogP contribution is 2.32. The van der Waals surface area contributed by atoms with Crippen molar-refractivity contribution in [2.24, 2.45) is 0 Å². The highest BCUT2D eigenvalue weighted by Gasteiger charge is 2.15. The predicted octanol–water partition coefficient (Wildman–Crippen LogP) is 2.74. The fourth-order valence-electron chi connectivity index (χ4n) is 1.53. The number of hydrogen-bond acceptors (Lipinski definition) is 4. The summed E-state index contributed by atoms with van der Waals surface area (Å²) >= 11 is 0.325. The lowest BCUT2D eigenvalue weighted by Gasteiger charge is -2.12. The topological polar surface area (TPSA) is 58.2 Å². The largest absolute Gasteiger partial charge is 0.317 e. The van der Waals surface area contributed by atoms with Crippen molar-refractivity contribution in [2.45, 2.75) is 24.0 Å². The molecule has 2 N–H and O–H groups in total. The SMILES string of the molecule is CCNCCCS(=O)(=O)Nc1ccccc1SC(F)F. The monoisotopic (exact) mass is 324 g/mol. The third-order valence-corrected chi connectivity index (χ3v) is 4.53. The maximum atomic E-state index is 12.4. The molecular formula is C12H18F2N2O2S2. The summed E-state index contributed by atoms with van der Waals surface area (Å²) in [6, 6.07) is 6.14. The molecule has 0 aromatic heterocycles. The first-order valence-corrected chi connectivity index (χ1v) is 8.73. The molecule has 1 aromatic carbocycles. The molecule has 1 rings (SSSR count). The normalized spacial score (nSPS) is 11.8. The number of halogens is 2. The van der Waals surface area contributed by atoms with Gasteiger partial charge in [-0.3, -0.25) is 4.72 Å². The maximum Gasteiger partial charge on any atom is 0.288 e. The van der Waals surface area contributed by atoms with Gasteiger partial charge in [-0.1, -0.05) is 30.8 Å². The third-order valence-electron chi connectivity index (χ3n) is 2.39. The van der Waals surface area contributed by atoms with E-state index in [0.29, 0.717) is 24.7 Å². The Bertz CT molecular complexity index is 510. The number of para-hydroxylation sites is 1. The van der Waals surface area contributed by atoms with E-state index in [1.807, 2.05) is 6.92 Å². The molecule has 0 amide bonds. The van der Waals surface area contributed by atoms with Crippen LogP contribution in [-0.2, 0) is 10.0 Å². The summed E-state index contributed by atoms with van der Waals surface area (Å²) in [6.07, 6.45) is 0.466. The number of rotatable bonds is 9. The van der Waals surface area contributed by atoms with E-state index < -0.39 is 15.8 Å². The number of nitrogens with one attached hydrogen (secondary N) is 2. The van der Waals surface area contributed by atoms with Crippen LogP contribution >= 0.6 is 11.8 Å². The second-order valence-corrected chi connectivity index (χ2v) is 6.88. The molecule has 20 heavy (non-hydrogen) atoms. The number of hydrogen-bond donors (Lipinski definition) is 2. The lowest BCUT2D eigenvalue weighted by molar-refractivity contribution is 0.252. The number of alkyl halides is 2. The van der Waals surface area contributed by atoms with Crippen LogP contribution in [0, 0.1) is 0 Å². The third kappa shape index (κ3) is 6.53. The van der Waals surface area contributed by atoms with Crippen LogP contribution in [0.3, 0.4) is 0 Å². The standard InChI is InChI=1S/C12H18F2N2O2S2/c1-2-15-8-5-9-20(17,18)16-10-6-3-4-7-11(10)19-12(13)14/h3-4,6-7,12,15-16H,2,5,8-9H2,1H3. The lowest BCUT2D eigenvalue weighted by atomic mass is 10.3. The van der Waals surface area contributed by atoms with Crippen LogP contribution in [0.25, 0.3) is 0 Å². The minimum absolute atomic E-state index is 0.0479. The Morgan fingerprint density at radius 2 is 2.00 bits per heavy atom. The zero-order valence-electron chi connectivity index (χ0n) is 11.1. The van der Waals surface area contributed by atoms with Crippen LogP contribution < -0.4 is 10.0 Å². The van der Waals surface area contributed by atoms with Crippen molar-refractivity contribution in [1.82, 2.24) is 5.32 Å². The highest BCUT2D eigenvalue weighted by atomic mass is 32.2. The molecule has 1 aromatic rings. The molecule has 0 spiro atoms. The van der Waals surface area contributed by atoms with Crippen LogP contribution in [-0.4, -0.2) is 33.0 Å². The van der Waals surface area contributed by atoms with Gasteiger partial charge in [0.05, 0.1) is 11.4 Å². The molecule has 0 unspecified atom stereocenters. The van der Waals surface area contributed by atoms with Crippen LogP contribution in [0.15, 0.2) is 29.2 Å². The molecule has 8 heteroatoms. The van der Waals surface area contributed by atoms with E-state index in [0.717, 1.165) is 6.54 Å². The van der Waals surface area contributed by atoms with Crippen LogP contribution in [0.5, 0.6) is 0 Å². The molecule has 0 saturated heterocycles. The number of sulfonamides is 1. The zero-order valence-corrected chi connectivity index (χ0v) is 12.7. The van der Waals surface area contributed by atoms with Crippen molar-refractivity contribution in [2.75, 3.05) is 23.6 Å². The molecule has 114 valence electrons. The molecule has 0 aliphatic carbocycles. The molecule has 0 aliphatic rings. The summed E-state index contributed by atoms with van der Waals surface area (Å²) in [5.41, 5.74) is 0.196. The van der Waals surface area contributed by atoms with Crippen molar-refractivity contribution in [1.29, 1.82) is 0 Å². The molecular weight excluding hydrogens is 306 g/mol. The predicted molar refractivity (Wildman–Crippen MR) is 78.9 cm³/mol. The van der Waals surface area contributed by atoms with Crippen molar-refractivity contribution in [3.05, 3.63) is 24.3 Å². The first kappa shape index (κ1) is 17.2. The Balaban J connectivity index is 2.67. The van der Waals surface area contributed by atoms with Crippen molar-refractivity contribution < 1.29 is 17.2 Å². The molecule has 4 nitrogen and oxygen atoms in total. The zero-order chi connectivity index (χ0) is 15.0. The first-order chi connectivity index (χ1) is 9.44. The van der Waals surface area contributed by atoms with Gasteiger partial charge in [0.15, 0.2) is 0 Å². The van der Waals surface area contributed by atoms with Gasteiger partial charge in [-0.25, -0.2) is 8.42 Å². The van der Waals surface area contributed by atoms with Gasteiger partial charge in [-0.05, 0) is 31.6 Å². The summed E-state index contributed by atoms with van der Waals surface area (Å²) in [5, 5.41) is 3.03. The maximum absolute atomic E-state index is 12.4. The second kappa shape index (κ2) is 8.43. The molecule has 0 saturated carbocycles. The summed E-state index contributed by atoms with van der Waals surface area (Å²) in [6.45, 7) is 3.32. The summed E-state index contributed by atoms with van der Waals surface area (Å²) in [7, 11) is -3.52. The Hall–Kier alpha value is -0.860. The number of benzene rings is 1. The molecule has 0 heterocycles. The van der Waals surface area contributed by atoms with Gasteiger partial charge in [0.1, 0.15) is 0 Å². The van der Waals surface area contributed by atoms with Crippen molar-refractivity contribution in [3.63, 3.8) is 0 Å². The van der Waals surface area contributed by atoms with Crippen LogP contribution in [0.2, 0.25) is 0 Å². The molecule has 0 bridgehead atoms. The van der Waals surface area contributed by atoms with E-state index in [2.05, 4.69) is 10.0 Å². The quantitative estimate of drug-likeness (QED) is 0.542. The minimum Gasteiger partial charge on any atom is -0.317 e. The fraction of sp³-hybridized carbons (Fsp3) is 0.500. The smallest absolute Gasteiger partial charge is 0.288 e. The van der Waals surface area contributed by atoms with Crippen molar-refractivity contribution in [3.8, 4) is 0 Å². The highest BCUT2D eigenvalue weighted by molar-refractivity contribution is 7.99. The fourth-order valence-corrected chi connectivity index (χ4v) is 3.33. The average Bonchev–Trinajstić information content (AvgIpc) is 2.36. The van der Waals surface area contributed by atoms with Gasteiger partial charge < -0.3 is 5.32 Å². The minimum atomic E-state index is -3.52. The number of anilines is 1. The van der Waals surface area contributed by atoms with E-state index in [-0.39, 0.29) is 16.3 Å². The Morgan fingerprint density at radius 3 is 2.65 bits per heavy atom. The summed E-state index contributed by atoms with van der Waals surface area (Å²) < 4.78 is 50.9. The van der Waals surface area contributed by atoms with E-state index >= 15 is 0 Å². The second-order valence-electron chi connectivity index (χ2n) is 4.00. The van der Waals surface area contributed by atoms with E-state index in [9.17, 15) is 17.2 Å². The number of thioether (sulfide) groups is 1. The van der Waals surface area contributed by atoms with Gasteiger partial charge in [0.2, 0.25) is 10.0 Å². The summed E-state index contributed by atoms with van der Waals surface area (Å²) in [4.78, 5) is 0.220. The van der Waals surface area contributed by atoms with Gasteiger partial charge in [-0.15, -0.1) is 0 Å². The average molecular weight is 324 g/mol. The Labute approximate surface area is 122 Å². The van der Waals surface area contributed by atoms with Crippen LogP contribution in [0.1, 0.15) is 13.3 Å². The van der Waals surface area contributed by atoms with E-state index in [1.54, 1.807) is 12.1 Å². The van der Waals surface area contributed by atoms with Gasteiger partial charge >= 0.3 is 0 Å². The van der Waals surface area contributed by atoms with Crippen LogP contribution in [0.4, 0.5) is 14.5 Å². The molecule has 0 fully saturated rings. The Morgan fingerprint density at radius 1 is 1.30 bits per heavy atom. The molecule has 0 aliphatic heterocycles. The molecule has 0 radical (unpaired) electrons.